The number of aliphatic hydroxyl groups excluding tert-OH is 1. The van der Waals surface area contributed by atoms with Crippen LogP contribution in [0.15, 0.2) is 0 Å². The maximum absolute atomic E-state index is 8.88. The molecule has 1 aliphatic carbocycles. The van der Waals surface area contributed by atoms with Crippen LogP contribution in [0.4, 0.5) is 0 Å². The zero-order chi connectivity index (χ0) is 8.86. The van der Waals surface area contributed by atoms with Crippen LogP contribution in [-0.2, 0) is 0 Å². The smallest absolute Gasteiger partial charge is 0.0585 e. The summed E-state index contributed by atoms with van der Waals surface area (Å²) in [4.78, 5) is 0. The topological polar surface area (TPSA) is 46.2 Å². The van der Waals surface area contributed by atoms with Gasteiger partial charge in [0.1, 0.15) is 0 Å². The molecule has 0 bridgehead atoms. The van der Waals surface area contributed by atoms with Gasteiger partial charge in [-0.05, 0) is 16.7 Å². The number of halogens is 1. The first kappa shape index (κ1) is 12.2. The molecule has 1 saturated carbocycles. The maximum Gasteiger partial charge on any atom is 0.0585 e. The minimum Gasteiger partial charge on any atom is -0.395 e. The molecular weight excluding hydrogens is 174 g/mol. The van der Waals surface area contributed by atoms with E-state index in [1.165, 1.54) is 0 Å². The van der Waals surface area contributed by atoms with Gasteiger partial charge in [0.25, 0.3) is 0 Å². The highest BCUT2D eigenvalue weighted by atomic mass is 35.5. The Labute approximate surface area is 80.9 Å². The quantitative estimate of drug-likeness (QED) is 0.697. The molecule has 0 aromatic rings. The normalized spacial score (nSPS) is 27.5. The molecule has 0 radical (unpaired) electrons. The highest BCUT2D eigenvalue weighted by Gasteiger charge is 2.66. The fourth-order valence-electron chi connectivity index (χ4n) is 2.42. The van der Waals surface area contributed by atoms with Crippen molar-refractivity contribution < 1.29 is 5.11 Å². The van der Waals surface area contributed by atoms with Gasteiger partial charge in [0.2, 0.25) is 0 Å². The average molecular weight is 194 g/mol. The molecular formula is C9H20ClNO. The third kappa shape index (κ3) is 1.36. The van der Waals surface area contributed by atoms with Crippen molar-refractivity contribution in [1.29, 1.82) is 0 Å². The molecule has 12 heavy (non-hydrogen) atoms. The maximum atomic E-state index is 8.88. The van der Waals surface area contributed by atoms with Crippen molar-refractivity contribution >= 4 is 12.4 Å². The Morgan fingerprint density at radius 3 is 1.67 bits per heavy atom. The highest BCUT2D eigenvalue weighted by Crippen LogP contribution is 2.69. The summed E-state index contributed by atoms with van der Waals surface area (Å²) in [6.07, 6.45) is 0. The molecule has 1 atom stereocenters. The van der Waals surface area contributed by atoms with Gasteiger partial charge in [-0.1, -0.05) is 27.7 Å². The van der Waals surface area contributed by atoms with Crippen molar-refractivity contribution in [3.8, 4) is 0 Å². The molecule has 0 aromatic heterocycles. The number of aliphatic hydroxyl groups is 1. The Bertz CT molecular complexity index is 154. The zero-order valence-electron chi connectivity index (χ0n) is 8.29. The molecule has 0 aliphatic heterocycles. The number of rotatable bonds is 2. The van der Waals surface area contributed by atoms with Crippen molar-refractivity contribution in [1.82, 2.24) is 0 Å². The Kier molecular flexibility index (Phi) is 3.22. The lowest BCUT2D eigenvalue weighted by Gasteiger charge is -2.08. The van der Waals surface area contributed by atoms with E-state index >= 15 is 0 Å². The monoisotopic (exact) mass is 193 g/mol. The summed E-state index contributed by atoms with van der Waals surface area (Å²) in [5.41, 5.74) is 6.38. The Hall–Kier alpha value is 0.210. The lowest BCUT2D eigenvalue weighted by atomic mass is 10.0. The van der Waals surface area contributed by atoms with Gasteiger partial charge in [0.05, 0.1) is 6.61 Å². The third-order valence-electron chi connectivity index (χ3n) is 3.77. The van der Waals surface area contributed by atoms with Crippen LogP contribution >= 0.6 is 12.4 Å². The zero-order valence-corrected chi connectivity index (χ0v) is 9.11. The van der Waals surface area contributed by atoms with Crippen molar-refractivity contribution in [3.05, 3.63) is 0 Å². The number of hydrogen-bond donors (Lipinski definition) is 2. The lowest BCUT2D eigenvalue weighted by molar-refractivity contribution is 0.240. The largest absolute Gasteiger partial charge is 0.395 e. The van der Waals surface area contributed by atoms with Crippen LogP contribution < -0.4 is 5.73 Å². The Morgan fingerprint density at radius 2 is 1.58 bits per heavy atom. The van der Waals surface area contributed by atoms with E-state index in [1.54, 1.807) is 0 Å². The summed E-state index contributed by atoms with van der Waals surface area (Å²) in [5, 5.41) is 8.88. The fourth-order valence-corrected chi connectivity index (χ4v) is 2.42. The molecule has 3 N–H and O–H groups in total. The summed E-state index contributed by atoms with van der Waals surface area (Å²) in [5.74, 6) is 0.472. The molecule has 1 aliphatic rings. The van der Waals surface area contributed by atoms with Crippen LogP contribution in [0.1, 0.15) is 27.7 Å². The van der Waals surface area contributed by atoms with Crippen molar-refractivity contribution in [3.63, 3.8) is 0 Å². The second-order valence-electron chi connectivity index (χ2n) is 4.77. The molecule has 0 amide bonds. The predicted molar refractivity (Wildman–Crippen MR) is 53.4 cm³/mol. The minimum atomic E-state index is -0.0417. The average Bonchev–Trinajstić information content (AvgIpc) is 2.24. The summed E-state index contributed by atoms with van der Waals surface area (Å²) in [6, 6.07) is -0.0417. The van der Waals surface area contributed by atoms with E-state index in [1.807, 2.05) is 0 Å². The molecule has 0 aromatic carbocycles. The van der Waals surface area contributed by atoms with E-state index in [-0.39, 0.29) is 25.1 Å². The Balaban J connectivity index is 0.00000121. The first-order valence-electron chi connectivity index (χ1n) is 4.22. The van der Waals surface area contributed by atoms with Gasteiger partial charge < -0.3 is 10.8 Å². The molecule has 0 spiro atoms. The van der Waals surface area contributed by atoms with E-state index in [0.717, 1.165) is 0 Å². The van der Waals surface area contributed by atoms with Crippen molar-refractivity contribution in [2.24, 2.45) is 22.5 Å². The highest BCUT2D eigenvalue weighted by molar-refractivity contribution is 5.85. The molecule has 74 valence electrons. The Morgan fingerprint density at radius 1 is 1.25 bits per heavy atom. The molecule has 1 rings (SSSR count). The van der Waals surface area contributed by atoms with Gasteiger partial charge in [-0.2, -0.15) is 0 Å². The predicted octanol–water partition coefficient (Wildman–Crippen LogP) is 1.41. The van der Waals surface area contributed by atoms with Gasteiger partial charge in [0.15, 0.2) is 0 Å². The van der Waals surface area contributed by atoms with Crippen LogP contribution in [0.5, 0.6) is 0 Å². The first-order valence-corrected chi connectivity index (χ1v) is 4.22. The van der Waals surface area contributed by atoms with Gasteiger partial charge in [-0.3, -0.25) is 0 Å². The van der Waals surface area contributed by atoms with Crippen molar-refractivity contribution in [2.75, 3.05) is 6.61 Å². The van der Waals surface area contributed by atoms with Gasteiger partial charge in [-0.15, -0.1) is 12.4 Å². The van der Waals surface area contributed by atoms with Gasteiger partial charge in [-0.25, -0.2) is 0 Å². The SMILES string of the molecule is CC1(C)C(C(N)CO)C1(C)C.Cl. The second kappa shape index (κ2) is 3.17. The van der Waals surface area contributed by atoms with E-state index in [2.05, 4.69) is 27.7 Å². The van der Waals surface area contributed by atoms with Gasteiger partial charge in [0, 0.05) is 6.04 Å². The minimum absolute atomic E-state index is 0. The van der Waals surface area contributed by atoms with E-state index in [4.69, 9.17) is 10.8 Å². The summed E-state index contributed by atoms with van der Waals surface area (Å²) in [6.45, 7) is 8.97. The number of hydrogen-bond acceptors (Lipinski definition) is 2. The number of nitrogens with two attached hydrogens (primary N) is 1. The van der Waals surface area contributed by atoms with Crippen LogP contribution in [-0.4, -0.2) is 17.8 Å². The van der Waals surface area contributed by atoms with E-state index in [0.29, 0.717) is 16.7 Å². The van der Waals surface area contributed by atoms with E-state index < -0.39 is 0 Å². The molecule has 1 unspecified atom stereocenters. The van der Waals surface area contributed by atoms with E-state index in [9.17, 15) is 0 Å². The molecule has 1 fully saturated rings. The molecule has 0 saturated heterocycles. The third-order valence-corrected chi connectivity index (χ3v) is 3.77. The molecule has 2 nitrogen and oxygen atoms in total. The van der Waals surface area contributed by atoms with Gasteiger partial charge >= 0.3 is 0 Å². The summed E-state index contributed by atoms with van der Waals surface area (Å²) in [7, 11) is 0. The second-order valence-corrected chi connectivity index (χ2v) is 4.77. The van der Waals surface area contributed by atoms with Crippen LogP contribution in [0, 0.1) is 16.7 Å². The molecule has 3 heteroatoms. The lowest BCUT2D eigenvalue weighted by Crippen LogP contribution is -2.29. The standard InChI is InChI=1S/C9H19NO.ClH/c1-8(2)7(6(10)5-11)9(8,3)4;/h6-7,11H,5,10H2,1-4H3;1H. The summed E-state index contributed by atoms with van der Waals surface area (Å²) < 4.78 is 0. The molecule has 0 heterocycles. The first-order chi connectivity index (χ1) is 4.85. The van der Waals surface area contributed by atoms with Crippen LogP contribution in [0.3, 0.4) is 0 Å². The van der Waals surface area contributed by atoms with Crippen LogP contribution in [0.2, 0.25) is 0 Å². The van der Waals surface area contributed by atoms with Crippen LogP contribution in [0.25, 0.3) is 0 Å². The van der Waals surface area contributed by atoms with Crippen molar-refractivity contribution in [2.45, 2.75) is 33.7 Å². The fraction of sp³-hybridized carbons (Fsp3) is 1.00. The summed E-state index contributed by atoms with van der Waals surface area (Å²) >= 11 is 0.